The minimum atomic E-state index is -0.875. The van der Waals surface area contributed by atoms with Gasteiger partial charge in [-0.1, -0.05) is 25.8 Å². The summed E-state index contributed by atoms with van der Waals surface area (Å²) < 4.78 is 13.3. The Morgan fingerprint density at radius 3 is 2.47 bits per heavy atom. The number of carbonyl (C=O) groups excluding carboxylic acids is 2. The molecule has 1 aliphatic carbocycles. The van der Waals surface area contributed by atoms with Gasteiger partial charge >= 0.3 is 6.09 Å². The number of benzene rings is 1. The third-order valence-electron chi connectivity index (χ3n) is 13.1. The van der Waals surface area contributed by atoms with Gasteiger partial charge in [-0.2, -0.15) is 0 Å². The molecule has 15 heteroatoms. The van der Waals surface area contributed by atoms with Crippen LogP contribution in [0.1, 0.15) is 94.1 Å². The topological polar surface area (TPSA) is 185 Å². The Hall–Kier alpha value is -5.38. The smallest absolute Gasteiger partial charge is 0.415 e. The van der Waals surface area contributed by atoms with Crippen molar-refractivity contribution in [1.82, 2.24) is 34.5 Å². The normalized spacial score (nSPS) is 20.9. The van der Waals surface area contributed by atoms with Crippen LogP contribution >= 0.6 is 0 Å². The Morgan fingerprint density at radius 2 is 1.77 bits per heavy atom. The molecule has 334 valence electrons. The molecule has 3 aliphatic heterocycles. The summed E-state index contributed by atoms with van der Waals surface area (Å²) in [7, 11) is 3.94. The van der Waals surface area contributed by atoms with E-state index in [1.165, 1.54) is 12.7 Å². The maximum absolute atomic E-state index is 14.0. The maximum Gasteiger partial charge on any atom is 0.415 e. The number of piperidine rings is 1. The Kier molecular flexibility index (Phi) is 13.9. The van der Waals surface area contributed by atoms with Gasteiger partial charge in [-0.05, 0) is 108 Å². The Bertz CT molecular complexity index is 2270. The molecule has 0 spiro atoms. The van der Waals surface area contributed by atoms with Gasteiger partial charge in [0.05, 0.1) is 52.9 Å². The number of nitrogens with two attached hydrogens (primary N) is 2. The van der Waals surface area contributed by atoms with Crippen molar-refractivity contribution in [3.8, 4) is 17.1 Å². The molecule has 2 amide bonds. The third-order valence-corrected chi connectivity index (χ3v) is 13.1. The molecule has 7 rings (SSSR count). The molecule has 2 unspecified atom stereocenters. The van der Waals surface area contributed by atoms with Crippen LogP contribution in [-0.2, 0) is 29.2 Å². The van der Waals surface area contributed by atoms with Crippen LogP contribution in [0.5, 0.6) is 5.75 Å². The number of likely N-dealkylation sites (tertiary alicyclic amines) is 1. The fourth-order valence-corrected chi connectivity index (χ4v) is 9.57. The van der Waals surface area contributed by atoms with Crippen molar-refractivity contribution in [2.75, 3.05) is 46.8 Å². The number of ether oxygens (including phenoxy) is 2. The second kappa shape index (κ2) is 19.3. The first-order valence-electron chi connectivity index (χ1n) is 22.2. The molecule has 1 saturated carbocycles. The number of allylic oxidation sites excluding steroid dienone is 2. The third kappa shape index (κ3) is 9.79. The van der Waals surface area contributed by atoms with Crippen LogP contribution in [0.3, 0.4) is 0 Å². The van der Waals surface area contributed by atoms with Crippen LogP contribution in [0.4, 0.5) is 4.79 Å². The van der Waals surface area contributed by atoms with E-state index < -0.39 is 6.10 Å². The zero-order chi connectivity index (χ0) is 44.2. The Morgan fingerprint density at radius 1 is 1.03 bits per heavy atom. The summed E-state index contributed by atoms with van der Waals surface area (Å²) in [6.07, 6.45) is 10.9. The minimum Gasteiger partial charge on any atom is -0.497 e. The quantitative estimate of drug-likeness (QED) is 0.0813. The first-order valence-corrected chi connectivity index (χ1v) is 22.2. The van der Waals surface area contributed by atoms with Gasteiger partial charge in [0.15, 0.2) is 0 Å². The van der Waals surface area contributed by atoms with Crippen molar-refractivity contribution in [3.63, 3.8) is 0 Å². The van der Waals surface area contributed by atoms with E-state index in [1.54, 1.807) is 23.6 Å². The molecule has 1 aromatic carbocycles. The van der Waals surface area contributed by atoms with Gasteiger partial charge in [-0.15, -0.1) is 0 Å². The molecule has 0 radical (unpaired) electrons. The van der Waals surface area contributed by atoms with Crippen LogP contribution in [0.2, 0.25) is 0 Å². The molecule has 2 aromatic heterocycles. The largest absolute Gasteiger partial charge is 0.497 e. The van der Waals surface area contributed by atoms with Crippen LogP contribution < -0.4 is 27.1 Å². The Labute approximate surface area is 365 Å². The molecule has 3 fully saturated rings. The zero-order valence-corrected chi connectivity index (χ0v) is 37.1. The first-order chi connectivity index (χ1) is 29.7. The number of hydrogen-bond acceptors (Lipinski definition) is 12. The lowest BCUT2D eigenvalue weighted by Crippen LogP contribution is -2.59. The maximum atomic E-state index is 14.0. The minimum absolute atomic E-state index is 0.0101. The van der Waals surface area contributed by atoms with E-state index >= 15 is 0 Å². The lowest BCUT2D eigenvalue weighted by Gasteiger charge is -2.45. The number of pyridine rings is 2. The van der Waals surface area contributed by atoms with Crippen molar-refractivity contribution < 1.29 is 24.2 Å². The number of amides is 2. The van der Waals surface area contributed by atoms with E-state index in [9.17, 15) is 19.5 Å². The van der Waals surface area contributed by atoms with Crippen molar-refractivity contribution in [1.29, 1.82) is 0 Å². The van der Waals surface area contributed by atoms with Crippen molar-refractivity contribution in [2.24, 2.45) is 17.4 Å². The standard InChI is InChI=1S/C47H65N9O6/c1-7-61-28-38-35(31(4)57)22-41-44-33(26-56(41)46(38)59)21-36-37(27-52(5)6)42(15-14-40(36)51-44)62-47(60)55-24-29(2)54(23-30(55)3)25-32-17-19-53(20-18-32)43(49)16-13-39(48)45(58)50-34-11-9-8-10-12-34/h7,13-16,21-22,29-32,34,57H,1,8-12,17-20,23-28,48-49H2,2-6H3,(H,50,58)/b39-13-,43-16+/t29-,30?,31?/m0/s1. The predicted molar refractivity (Wildman–Crippen MR) is 241 cm³/mol. The number of fused-ring (bicyclic) bond motifs is 4. The van der Waals surface area contributed by atoms with E-state index in [4.69, 9.17) is 25.9 Å². The average molecular weight is 852 g/mol. The van der Waals surface area contributed by atoms with Gasteiger partial charge < -0.3 is 50.6 Å². The molecular formula is C47H65N9O6. The van der Waals surface area contributed by atoms with E-state index in [0.717, 1.165) is 86.7 Å². The number of aliphatic hydroxyl groups excluding tert-OH is 1. The highest BCUT2D eigenvalue weighted by Crippen LogP contribution is 2.37. The number of nitrogens with zero attached hydrogens (tertiary/aromatic N) is 6. The molecule has 15 nitrogen and oxygen atoms in total. The lowest BCUT2D eigenvalue weighted by molar-refractivity contribution is -0.118. The second-order valence-electron chi connectivity index (χ2n) is 18.0. The highest BCUT2D eigenvalue weighted by atomic mass is 16.6. The number of piperazine rings is 1. The highest BCUT2D eigenvalue weighted by molar-refractivity contribution is 5.93. The van der Waals surface area contributed by atoms with Crippen LogP contribution in [0, 0.1) is 5.92 Å². The molecule has 62 heavy (non-hydrogen) atoms. The first kappa shape index (κ1) is 44.7. The molecule has 3 atom stereocenters. The molecule has 2 saturated heterocycles. The SMILES string of the molecule is C=COCc1c(C(C)O)cc2n(c1=O)Cc1cc3c(CN(C)C)c(OC(=O)N4C[C@H](C)N(CC5CCN(/C(N)=C/C=C(\N)C(=O)NC6CCCCC6)CC5)CC4C)ccc3nc1-2. The van der Waals surface area contributed by atoms with Gasteiger partial charge in [-0.3, -0.25) is 14.5 Å². The summed E-state index contributed by atoms with van der Waals surface area (Å²) in [5.74, 6) is 1.36. The number of carbonyl (C=O) groups is 2. The van der Waals surface area contributed by atoms with Crippen LogP contribution in [-0.4, -0.2) is 111 Å². The van der Waals surface area contributed by atoms with Gasteiger partial charge in [0.1, 0.15) is 12.4 Å². The number of hydrogen-bond donors (Lipinski definition) is 4. The van der Waals surface area contributed by atoms with Crippen molar-refractivity contribution >= 4 is 22.9 Å². The Balaban J connectivity index is 0.979. The summed E-state index contributed by atoms with van der Waals surface area (Å²) in [4.78, 5) is 53.9. The van der Waals surface area contributed by atoms with E-state index in [-0.39, 0.29) is 48.0 Å². The molecule has 0 bridgehead atoms. The monoisotopic (exact) mass is 852 g/mol. The van der Waals surface area contributed by atoms with Gasteiger partial charge in [-0.25, -0.2) is 9.78 Å². The summed E-state index contributed by atoms with van der Waals surface area (Å²) in [5, 5.41) is 14.5. The van der Waals surface area contributed by atoms with E-state index in [1.807, 2.05) is 48.2 Å². The zero-order valence-electron chi connectivity index (χ0n) is 37.1. The van der Waals surface area contributed by atoms with Crippen molar-refractivity contribution in [3.05, 3.63) is 93.4 Å². The van der Waals surface area contributed by atoms with Gasteiger partial charge in [0.2, 0.25) is 0 Å². The number of nitrogens with one attached hydrogen (secondary N) is 1. The fourth-order valence-electron chi connectivity index (χ4n) is 9.57. The molecule has 5 heterocycles. The average Bonchev–Trinajstić information content (AvgIpc) is 3.61. The molecule has 4 aliphatic rings. The van der Waals surface area contributed by atoms with Gasteiger partial charge in [0.25, 0.3) is 11.5 Å². The summed E-state index contributed by atoms with van der Waals surface area (Å²) in [6.45, 7) is 14.2. The van der Waals surface area contributed by atoms with Gasteiger partial charge in [0, 0.05) is 73.9 Å². The summed E-state index contributed by atoms with van der Waals surface area (Å²) in [6, 6.07) is 7.84. The number of aromatic nitrogens is 2. The summed E-state index contributed by atoms with van der Waals surface area (Å²) >= 11 is 0. The number of aliphatic hydroxyl groups is 1. The van der Waals surface area contributed by atoms with E-state index in [2.05, 4.69) is 35.5 Å². The van der Waals surface area contributed by atoms with Crippen LogP contribution in [0.25, 0.3) is 22.3 Å². The second-order valence-corrected chi connectivity index (χ2v) is 18.0. The lowest BCUT2D eigenvalue weighted by atomic mass is 9.94. The number of rotatable bonds is 13. The van der Waals surface area contributed by atoms with Crippen molar-refractivity contribution in [2.45, 2.75) is 110 Å². The molecule has 6 N–H and O–H groups in total. The van der Waals surface area contributed by atoms with E-state index in [0.29, 0.717) is 59.6 Å². The summed E-state index contributed by atoms with van der Waals surface area (Å²) in [5.41, 5.74) is 17.1. The molecule has 3 aromatic rings. The van der Waals surface area contributed by atoms with Crippen LogP contribution in [0.15, 0.2) is 65.6 Å². The fraction of sp³-hybridized carbons (Fsp3) is 0.532. The molecular weight excluding hydrogens is 787 g/mol. The predicted octanol–water partition coefficient (Wildman–Crippen LogP) is 4.90. The highest BCUT2D eigenvalue weighted by Gasteiger charge is 2.35.